The van der Waals surface area contributed by atoms with E-state index in [1.165, 1.54) is 48.3 Å². The summed E-state index contributed by atoms with van der Waals surface area (Å²) in [6.07, 6.45) is 7.37. The molecule has 2 aliphatic rings. The maximum absolute atomic E-state index is 3.40. The Bertz CT molecular complexity index is 666. The molecule has 0 spiro atoms. The molecule has 0 aromatic heterocycles. The van der Waals surface area contributed by atoms with Crippen LogP contribution in [-0.4, -0.2) is 30.6 Å². The molecule has 138 valence electrons. The second-order valence-corrected chi connectivity index (χ2v) is 7.61. The zero-order valence-corrected chi connectivity index (χ0v) is 16.2. The van der Waals surface area contributed by atoms with Crippen molar-refractivity contribution in [3.05, 3.63) is 77.4 Å². The first-order chi connectivity index (χ1) is 12.7. The van der Waals surface area contributed by atoms with Gasteiger partial charge < -0.3 is 10.2 Å². The van der Waals surface area contributed by atoms with E-state index in [4.69, 9.17) is 0 Å². The molecule has 2 heterocycles. The van der Waals surface area contributed by atoms with Crippen LogP contribution < -0.4 is 5.32 Å². The van der Waals surface area contributed by atoms with Crippen LogP contribution in [0.3, 0.4) is 0 Å². The number of fused-ring (bicyclic) bond motifs is 1. The number of nitrogens with one attached hydrogen (secondary N) is 1. The Balaban J connectivity index is 0.000000269. The predicted octanol–water partition coefficient (Wildman–Crippen LogP) is 5.31. The average Bonchev–Trinajstić information content (AvgIpc) is 2.65. The van der Waals surface area contributed by atoms with Crippen molar-refractivity contribution < 1.29 is 0 Å². The molecule has 2 nitrogen and oxygen atoms in total. The van der Waals surface area contributed by atoms with Crippen LogP contribution in [0.2, 0.25) is 0 Å². The van der Waals surface area contributed by atoms with Crippen molar-refractivity contribution >= 4 is 5.69 Å². The minimum Gasteiger partial charge on any atom is -0.382 e. The van der Waals surface area contributed by atoms with Gasteiger partial charge in [-0.15, -0.1) is 0 Å². The van der Waals surface area contributed by atoms with Crippen LogP contribution in [0.1, 0.15) is 37.8 Å². The standard InChI is InChI=1S/C19H23N.C5H9N/c1-16(2)14-15-20-19-12-10-18(11-13-19)9-8-17-6-4-3-5-7-17;1-3-6-4-2-5(1)6/h3-7,10-14,20H,8-9,15H2,1-2H3;5H,1-4H2. The number of hydrogen-bond donors (Lipinski definition) is 1. The van der Waals surface area contributed by atoms with Gasteiger partial charge in [-0.2, -0.15) is 0 Å². The molecule has 0 aliphatic carbocycles. The summed E-state index contributed by atoms with van der Waals surface area (Å²) in [6, 6.07) is 20.5. The molecule has 1 N–H and O–H groups in total. The maximum Gasteiger partial charge on any atom is 0.0342 e. The van der Waals surface area contributed by atoms with E-state index in [2.05, 4.69) is 84.7 Å². The van der Waals surface area contributed by atoms with Crippen molar-refractivity contribution in [1.82, 2.24) is 4.90 Å². The van der Waals surface area contributed by atoms with E-state index < -0.39 is 0 Å². The van der Waals surface area contributed by atoms with E-state index in [0.717, 1.165) is 25.4 Å². The van der Waals surface area contributed by atoms with Gasteiger partial charge in [-0.25, -0.2) is 0 Å². The monoisotopic (exact) mass is 348 g/mol. The second kappa shape index (κ2) is 9.59. The minimum atomic E-state index is 0.895. The van der Waals surface area contributed by atoms with Gasteiger partial charge in [0.2, 0.25) is 0 Å². The lowest BCUT2D eigenvalue weighted by Gasteiger charge is -2.50. The number of nitrogens with zero attached hydrogens (tertiary/aromatic N) is 1. The lowest BCUT2D eigenvalue weighted by atomic mass is 9.91. The molecular weight excluding hydrogens is 316 g/mol. The van der Waals surface area contributed by atoms with Gasteiger partial charge in [-0.05, 0) is 75.9 Å². The Morgan fingerprint density at radius 1 is 0.923 bits per heavy atom. The van der Waals surface area contributed by atoms with Crippen molar-refractivity contribution in [3.8, 4) is 0 Å². The van der Waals surface area contributed by atoms with Gasteiger partial charge >= 0.3 is 0 Å². The van der Waals surface area contributed by atoms with Crippen LogP contribution >= 0.6 is 0 Å². The number of rotatable bonds is 6. The smallest absolute Gasteiger partial charge is 0.0342 e. The van der Waals surface area contributed by atoms with E-state index in [-0.39, 0.29) is 0 Å². The molecular formula is C24H32N2. The molecule has 26 heavy (non-hydrogen) atoms. The predicted molar refractivity (Wildman–Crippen MR) is 113 cm³/mol. The van der Waals surface area contributed by atoms with Crippen LogP contribution in [0.25, 0.3) is 0 Å². The van der Waals surface area contributed by atoms with Crippen LogP contribution in [0.5, 0.6) is 0 Å². The van der Waals surface area contributed by atoms with E-state index >= 15 is 0 Å². The van der Waals surface area contributed by atoms with Gasteiger partial charge in [0, 0.05) is 18.3 Å². The molecule has 2 fully saturated rings. The van der Waals surface area contributed by atoms with Gasteiger partial charge in [0.15, 0.2) is 0 Å². The quantitative estimate of drug-likeness (QED) is 0.711. The van der Waals surface area contributed by atoms with Crippen LogP contribution in [0.4, 0.5) is 5.69 Å². The summed E-state index contributed by atoms with van der Waals surface area (Å²) >= 11 is 0. The topological polar surface area (TPSA) is 15.3 Å². The normalized spacial score (nSPS) is 15.6. The molecule has 2 heteroatoms. The van der Waals surface area contributed by atoms with Gasteiger partial charge in [0.05, 0.1) is 0 Å². The number of hydrogen-bond acceptors (Lipinski definition) is 2. The Hall–Kier alpha value is -2.06. The highest BCUT2D eigenvalue weighted by Crippen LogP contribution is 2.28. The lowest BCUT2D eigenvalue weighted by Crippen LogP contribution is -2.57. The number of allylic oxidation sites excluding steroid dienone is 1. The zero-order valence-electron chi connectivity index (χ0n) is 16.2. The Morgan fingerprint density at radius 2 is 1.50 bits per heavy atom. The van der Waals surface area contributed by atoms with Gasteiger partial charge in [0.25, 0.3) is 0 Å². The molecule has 2 saturated heterocycles. The van der Waals surface area contributed by atoms with Crippen LogP contribution in [-0.2, 0) is 12.8 Å². The molecule has 0 saturated carbocycles. The molecule has 2 aliphatic heterocycles. The van der Waals surface area contributed by atoms with E-state index in [1.807, 2.05) is 0 Å². The van der Waals surface area contributed by atoms with Crippen molar-refractivity contribution in [2.75, 3.05) is 25.0 Å². The lowest BCUT2D eigenvalue weighted by molar-refractivity contribution is -0.00222. The first-order valence-corrected chi connectivity index (χ1v) is 9.95. The van der Waals surface area contributed by atoms with E-state index in [1.54, 1.807) is 0 Å². The number of benzene rings is 2. The largest absolute Gasteiger partial charge is 0.382 e. The average molecular weight is 349 g/mol. The van der Waals surface area contributed by atoms with Crippen molar-refractivity contribution in [3.63, 3.8) is 0 Å². The van der Waals surface area contributed by atoms with Crippen LogP contribution in [0.15, 0.2) is 66.2 Å². The highest BCUT2D eigenvalue weighted by atomic mass is 15.3. The SMILES string of the molecule is C1CN2CCC12.CC(C)=CCNc1ccc(CCc2ccccc2)cc1. The van der Waals surface area contributed by atoms with Crippen molar-refractivity contribution in [2.24, 2.45) is 0 Å². The maximum atomic E-state index is 3.40. The fraction of sp³-hybridized carbons (Fsp3) is 0.417. The van der Waals surface area contributed by atoms with Gasteiger partial charge in [0.1, 0.15) is 0 Å². The minimum absolute atomic E-state index is 0.895. The second-order valence-electron chi connectivity index (χ2n) is 7.61. The fourth-order valence-corrected chi connectivity index (χ4v) is 3.34. The number of anilines is 1. The molecule has 0 radical (unpaired) electrons. The van der Waals surface area contributed by atoms with Crippen LogP contribution in [0, 0.1) is 0 Å². The molecule has 0 amide bonds. The van der Waals surface area contributed by atoms with Gasteiger partial charge in [-0.3, -0.25) is 0 Å². The highest BCUT2D eigenvalue weighted by Gasteiger charge is 2.34. The summed E-state index contributed by atoms with van der Waals surface area (Å²) in [5.41, 5.74) is 5.32. The molecule has 0 unspecified atom stereocenters. The fourth-order valence-electron chi connectivity index (χ4n) is 3.34. The van der Waals surface area contributed by atoms with Crippen molar-refractivity contribution in [2.45, 2.75) is 45.6 Å². The molecule has 0 atom stereocenters. The summed E-state index contributed by atoms with van der Waals surface area (Å²) in [4.78, 5) is 2.53. The molecule has 2 aromatic rings. The van der Waals surface area contributed by atoms with E-state index in [0.29, 0.717) is 0 Å². The first kappa shape index (κ1) is 18.7. The molecule has 0 bridgehead atoms. The summed E-state index contributed by atoms with van der Waals surface area (Å²) in [7, 11) is 0. The van der Waals surface area contributed by atoms with E-state index in [9.17, 15) is 0 Å². The summed E-state index contributed by atoms with van der Waals surface area (Å²) in [5.74, 6) is 0. The third-order valence-corrected chi connectivity index (χ3v) is 5.33. The number of piperidine rings is 1. The summed E-state index contributed by atoms with van der Waals surface area (Å²) in [5, 5.41) is 3.40. The highest BCUT2D eigenvalue weighted by molar-refractivity contribution is 5.45. The Labute approximate surface area is 158 Å². The Morgan fingerprint density at radius 3 is 1.96 bits per heavy atom. The third-order valence-electron chi connectivity index (χ3n) is 5.33. The molecule has 2 aromatic carbocycles. The Kier molecular flexibility index (Phi) is 6.90. The third kappa shape index (κ3) is 5.74. The summed E-state index contributed by atoms with van der Waals surface area (Å²) < 4.78 is 0. The first-order valence-electron chi connectivity index (χ1n) is 9.95. The number of aryl methyl sites for hydroxylation is 2. The van der Waals surface area contributed by atoms with Gasteiger partial charge in [-0.1, -0.05) is 54.1 Å². The van der Waals surface area contributed by atoms with Crippen molar-refractivity contribution in [1.29, 1.82) is 0 Å². The molecule has 4 rings (SSSR count). The zero-order chi connectivity index (χ0) is 18.2. The summed E-state index contributed by atoms with van der Waals surface area (Å²) in [6.45, 7) is 7.92.